The van der Waals surface area contributed by atoms with Gasteiger partial charge in [-0.3, -0.25) is 23.4 Å². The van der Waals surface area contributed by atoms with Gasteiger partial charge in [0.2, 0.25) is 15.9 Å². The van der Waals surface area contributed by atoms with Crippen molar-refractivity contribution in [2.24, 2.45) is 0 Å². The summed E-state index contributed by atoms with van der Waals surface area (Å²) in [5.74, 6) is -0.823. The number of benzene rings is 1. The first-order valence-electron chi connectivity index (χ1n) is 9.41. The van der Waals surface area contributed by atoms with Crippen molar-refractivity contribution < 1.29 is 13.2 Å². The number of carbonyl (C=O) groups excluding carboxylic acids is 1. The standard InChI is InChI=1S/C19H27N5O5S/c1-5-6-11-23-17(20)16(18(26)21-19(23)27)22(3)15(25)12-24(30(4,28)29)14-10-8-7-9-13(14)2/h7-10H,5-6,11-12,20H2,1-4H3,(H,21,26,27). The molecule has 0 aliphatic rings. The molecule has 1 heterocycles. The molecule has 1 aromatic carbocycles. The second-order valence-corrected chi connectivity index (χ2v) is 8.91. The summed E-state index contributed by atoms with van der Waals surface area (Å²) in [6.07, 6.45) is 2.45. The zero-order valence-corrected chi connectivity index (χ0v) is 18.3. The Labute approximate surface area is 175 Å². The van der Waals surface area contributed by atoms with E-state index in [1.165, 1.54) is 11.6 Å². The Bertz CT molecular complexity index is 1150. The van der Waals surface area contributed by atoms with E-state index < -0.39 is 33.7 Å². The number of nitrogen functional groups attached to an aromatic ring is 1. The number of nitrogens with two attached hydrogens (primary N) is 1. The van der Waals surface area contributed by atoms with Crippen molar-refractivity contribution in [2.45, 2.75) is 33.2 Å². The van der Waals surface area contributed by atoms with E-state index in [-0.39, 0.29) is 18.1 Å². The summed E-state index contributed by atoms with van der Waals surface area (Å²) in [6.45, 7) is 3.42. The predicted octanol–water partition coefficient (Wildman–Crippen LogP) is 0.656. The average Bonchev–Trinajstić information content (AvgIpc) is 2.65. The number of nitrogens with zero attached hydrogens (tertiary/aromatic N) is 3. The number of aryl methyl sites for hydroxylation is 1. The third kappa shape index (κ3) is 4.90. The second-order valence-electron chi connectivity index (χ2n) is 7.01. The van der Waals surface area contributed by atoms with E-state index >= 15 is 0 Å². The van der Waals surface area contributed by atoms with Gasteiger partial charge in [0.15, 0.2) is 5.69 Å². The minimum atomic E-state index is -3.78. The lowest BCUT2D eigenvalue weighted by molar-refractivity contribution is -0.116. The molecule has 2 rings (SSSR count). The fraction of sp³-hybridized carbons (Fsp3) is 0.421. The lowest BCUT2D eigenvalue weighted by atomic mass is 10.2. The molecular weight excluding hydrogens is 410 g/mol. The van der Waals surface area contributed by atoms with Gasteiger partial charge < -0.3 is 10.6 Å². The summed E-state index contributed by atoms with van der Waals surface area (Å²) < 4.78 is 26.9. The summed E-state index contributed by atoms with van der Waals surface area (Å²) in [5, 5.41) is 0. The van der Waals surface area contributed by atoms with Gasteiger partial charge in [-0.05, 0) is 25.0 Å². The summed E-state index contributed by atoms with van der Waals surface area (Å²) in [4.78, 5) is 40.5. The largest absolute Gasteiger partial charge is 0.383 e. The van der Waals surface area contributed by atoms with E-state index in [4.69, 9.17) is 5.73 Å². The van der Waals surface area contributed by atoms with Crippen molar-refractivity contribution in [3.63, 3.8) is 0 Å². The van der Waals surface area contributed by atoms with Gasteiger partial charge in [0.1, 0.15) is 12.4 Å². The van der Waals surface area contributed by atoms with Crippen LogP contribution in [0.1, 0.15) is 25.3 Å². The summed E-state index contributed by atoms with van der Waals surface area (Å²) in [6, 6.07) is 6.75. The highest BCUT2D eigenvalue weighted by molar-refractivity contribution is 7.92. The molecule has 30 heavy (non-hydrogen) atoms. The van der Waals surface area contributed by atoms with Crippen LogP contribution >= 0.6 is 0 Å². The number of nitrogens with one attached hydrogen (secondary N) is 1. The van der Waals surface area contributed by atoms with Crippen LogP contribution in [0.5, 0.6) is 0 Å². The van der Waals surface area contributed by atoms with E-state index in [0.717, 1.165) is 21.9 Å². The lowest BCUT2D eigenvalue weighted by Crippen LogP contribution is -2.45. The fourth-order valence-electron chi connectivity index (χ4n) is 3.02. The molecular formula is C19H27N5O5S. The van der Waals surface area contributed by atoms with Gasteiger partial charge in [-0.1, -0.05) is 31.5 Å². The first kappa shape index (κ1) is 23.2. The average molecular weight is 438 g/mol. The third-order valence-electron chi connectivity index (χ3n) is 4.72. The van der Waals surface area contributed by atoms with E-state index in [1.807, 2.05) is 6.92 Å². The highest BCUT2D eigenvalue weighted by atomic mass is 32.2. The van der Waals surface area contributed by atoms with E-state index in [1.54, 1.807) is 31.2 Å². The smallest absolute Gasteiger partial charge is 0.330 e. The van der Waals surface area contributed by atoms with E-state index in [2.05, 4.69) is 4.98 Å². The monoisotopic (exact) mass is 437 g/mol. The highest BCUT2D eigenvalue weighted by Crippen LogP contribution is 2.23. The van der Waals surface area contributed by atoms with Crippen LogP contribution in [0.25, 0.3) is 0 Å². The van der Waals surface area contributed by atoms with Crippen LogP contribution in [-0.4, -0.2) is 43.7 Å². The lowest BCUT2D eigenvalue weighted by Gasteiger charge is -2.26. The van der Waals surface area contributed by atoms with Crippen LogP contribution in [0.4, 0.5) is 17.2 Å². The Morgan fingerprint density at radius 2 is 1.87 bits per heavy atom. The first-order valence-corrected chi connectivity index (χ1v) is 11.3. The van der Waals surface area contributed by atoms with Gasteiger partial charge >= 0.3 is 5.69 Å². The molecule has 1 aromatic heterocycles. The SMILES string of the molecule is CCCCn1c(N)c(N(C)C(=O)CN(c2ccccc2C)S(C)(=O)=O)c(=O)[nH]c1=O. The quantitative estimate of drug-likeness (QED) is 0.622. The zero-order valence-electron chi connectivity index (χ0n) is 17.5. The predicted molar refractivity (Wildman–Crippen MR) is 117 cm³/mol. The van der Waals surface area contributed by atoms with E-state index in [9.17, 15) is 22.8 Å². The molecule has 164 valence electrons. The molecule has 3 N–H and O–H groups in total. The number of sulfonamides is 1. The molecule has 0 aliphatic carbocycles. The number of aromatic amines is 1. The molecule has 11 heteroatoms. The fourth-order valence-corrected chi connectivity index (χ4v) is 3.92. The van der Waals surface area contributed by atoms with Crippen molar-refractivity contribution in [1.82, 2.24) is 9.55 Å². The van der Waals surface area contributed by atoms with Gasteiger partial charge in [0.05, 0.1) is 11.9 Å². The molecule has 1 amide bonds. The van der Waals surface area contributed by atoms with Crippen molar-refractivity contribution in [1.29, 1.82) is 0 Å². The summed E-state index contributed by atoms with van der Waals surface area (Å²) >= 11 is 0. The van der Waals surface area contributed by atoms with Crippen LogP contribution in [0.3, 0.4) is 0 Å². The van der Waals surface area contributed by atoms with Gasteiger partial charge in [-0.2, -0.15) is 0 Å². The molecule has 0 spiro atoms. The molecule has 0 unspecified atom stereocenters. The van der Waals surface area contributed by atoms with Crippen LogP contribution in [-0.2, 0) is 21.4 Å². The maximum Gasteiger partial charge on any atom is 0.330 e. The topological polar surface area (TPSA) is 139 Å². The van der Waals surface area contributed by atoms with Crippen LogP contribution in [0, 0.1) is 6.92 Å². The molecule has 0 saturated heterocycles. The molecule has 0 saturated carbocycles. The summed E-state index contributed by atoms with van der Waals surface area (Å²) in [5.41, 5.74) is 5.39. The Morgan fingerprint density at radius 3 is 2.43 bits per heavy atom. The molecule has 0 aliphatic heterocycles. The third-order valence-corrected chi connectivity index (χ3v) is 5.85. The molecule has 0 fully saturated rings. The molecule has 0 radical (unpaired) electrons. The minimum Gasteiger partial charge on any atom is -0.383 e. The number of hydrogen-bond donors (Lipinski definition) is 2. The second kappa shape index (κ2) is 9.16. The normalized spacial score (nSPS) is 11.3. The van der Waals surface area contributed by atoms with Gasteiger partial charge in [-0.25, -0.2) is 13.2 Å². The van der Waals surface area contributed by atoms with Gasteiger partial charge in [-0.15, -0.1) is 0 Å². The van der Waals surface area contributed by atoms with Crippen molar-refractivity contribution in [2.75, 3.05) is 34.8 Å². The first-order chi connectivity index (χ1) is 14.0. The molecule has 10 nitrogen and oxygen atoms in total. The van der Waals surface area contributed by atoms with Gasteiger partial charge in [0.25, 0.3) is 5.56 Å². The highest BCUT2D eigenvalue weighted by Gasteiger charge is 2.27. The molecule has 0 bridgehead atoms. The number of hydrogen-bond acceptors (Lipinski definition) is 6. The maximum absolute atomic E-state index is 12.9. The number of amides is 1. The minimum absolute atomic E-state index is 0.144. The summed E-state index contributed by atoms with van der Waals surface area (Å²) in [7, 11) is -2.47. The number of carbonyl (C=O) groups is 1. The number of para-hydroxylation sites is 1. The Hall–Kier alpha value is -3.08. The Balaban J connectivity index is 2.45. The van der Waals surface area contributed by atoms with E-state index in [0.29, 0.717) is 17.7 Å². The number of unbranched alkanes of at least 4 members (excludes halogenated alkanes) is 1. The number of rotatable bonds is 8. The van der Waals surface area contributed by atoms with Crippen molar-refractivity contribution in [3.8, 4) is 0 Å². The zero-order chi connectivity index (χ0) is 22.6. The number of H-pyrrole nitrogens is 1. The number of likely N-dealkylation sites (N-methyl/N-ethyl adjacent to an activating group) is 1. The van der Waals surface area contributed by atoms with Gasteiger partial charge in [0, 0.05) is 13.6 Å². The van der Waals surface area contributed by atoms with Crippen molar-refractivity contribution >= 4 is 33.1 Å². The van der Waals surface area contributed by atoms with Crippen molar-refractivity contribution in [3.05, 3.63) is 50.7 Å². The maximum atomic E-state index is 12.9. The number of aromatic nitrogens is 2. The molecule has 0 atom stereocenters. The van der Waals surface area contributed by atoms with Crippen LogP contribution in [0.15, 0.2) is 33.9 Å². The Morgan fingerprint density at radius 1 is 1.23 bits per heavy atom. The van der Waals surface area contributed by atoms with Crippen LogP contribution < -0.4 is 26.2 Å². The Kier molecular flexibility index (Phi) is 7.08. The molecule has 2 aromatic rings. The van der Waals surface area contributed by atoms with Crippen LogP contribution in [0.2, 0.25) is 0 Å². The number of anilines is 3.